The van der Waals surface area contributed by atoms with Gasteiger partial charge in [-0.3, -0.25) is 0 Å². The molecule has 0 bridgehead atoms. The molecule has 0 radical (unpaired) electrons. The zero-order valence-corrected chi connectivity index (χ0v) is 13.0. The maximum atomic E-state index is 5.49. The Bertz CT molecular complexity index is 366. The van der Waals surface area contributed by atoms with Crippen LogP contribution in [0.1, 0.15) is 64.0 Å². The van der Waals surface area contributed by atoms with Crippen molar-refractivity contribution < 1.29 is 4.74 Å². The summed E-state index contributed by atoms with van der Waals surface area (Å²) in [4.78, 5) is 0. The lowest BCUT2D eigenvalue weighted by Gasteiger charge is -2.20. The summed E-state index contributed by atoms with van der Waals surface area (Å²) in [5.41, 5.74) is 1.35. The van der Waals surface area contributed by atoms with Gasteiger partial charge in [-0.1, -0.05) is 37.8 Å². The van der Waals surface area contributed by atoms with Crippen LogP contribution >= 0.6 is 0 Å². The Balaban J connectivity index is 1.79. The van der Waals surface area contributed by atoms with Crippen LogP contribution < -0.4 is 10.1 Å². The minimum absolute atomic E-state index is 0.425. The second-order valence-electron chi connectivity index (χ2n) is 5.99. The minimum Gasteiger partial charge on any atom is -0.494 e. The number of benzene rings is 1. The van der Waals surface area contributed by atoms with Crippen molar-refractivity contribution in [3.8, 4) is 5.75 Å². The van der Waals surface area contributed by atoms with Gasteiger partial charge in [0.15, 0.2) is 0 Å². The average molecular weight is 275 g/mol. The van der Waals surface area contributed by atoms with E-state index in [4.69, 9.17) is 4.74 Å². The Morgan fingerprint density at radius 2 is 1.75 bits per heavy atom. The normalized spacial score (nSPS) is 18.5. The quantitative estimate of drug-likeness (QED) is 0.759. The first-order valence-electron chi connectivity index (χ1n) is 8.25. The first-order chi connectivity index (χ1) is 9.79. The summed E-state index contributed by atoms with van der Waals surface area (Å²) in [6, 6.07) is 8.92. The van der Waals surface area contributed by atoms with E-state index in [2.05, 4.69) is 36.5 Å². The van der Waals surface area contributed by atoms with Gasteiger partial charge in [0.2, 0.25) is 0 Å². The van der Waals surface area contributed by atoms with E-state index < -0.39 is 0 Å². The van der Waals surface area contributed by atoms with Crippen LogP contribution in [0.2, 0.25) is 0 Å². The Morgan fingerprint density at radius 3 is 2.35 bits per heavy atom. The first-order valence-corrected chi connectivity index (χ1v) is 8.25. The van der Waals surface area contributed by atoms with Crippen LogP contribution in [0.15, 0.2) is 24.3 Å². The molecule has 1 aromatic carbocycles. The summed E-state index contributed by atoms with van der Waals surface area (Å²) >= 11 is 0. The highest BCUT2D eigenvalue weighted by Gasteiger charge is 2.13. The molecule has 0 amide bonds. The van der Waals surface area contributed by atoms with Crippen LogP contribution in [0.5, 0.6) is 5.75 Å². The molecule has 1 aliphatic carbocycles. The van der Waals surface area contributed by atoms with Crippen LogP contribution in [-0.4, -0.2) is 13.2 Å². The SMILES string of the molecule is CCOc1ccc(C(C)NCC2CCCCCC2)cc1. The molecule has 1 aromatic rings. The maximum Gasteiger partial charge on any atom is 0.119 e. The number of ether oxygens (including phenoxy) is 1. The van der Waals surface area contributed by atoms with Crippen LogP contribution in [-0.2, 0) is 0 Å². The lowest BCUT2D eigenvalue weighted by molar-refractivity contribution is 0.340. The summed E-state index contributed by atoms with van der Waals surface area (Å²) in [5, 5.41) is 3.71. The number of nitrogens with one attached hydrogen (secondary N) is 1. The van der Waals surface area contributed by atoms with Crippen molar-refractivity contribution in [2.75, 3.05) is 13.2 Å². The molecule has 1 N–H and O–H groups in total. The van der Waals surface area contributed by atoms with E-state index in [1.165, 1.54) is 44.1 Å². The average Bonchev–Trinajstić information content (AvgIpc) is 2.74. The predicted molar refractivity (Wildman–Crippen MR) is 85.2 cm³/mol. The van der Waals surface area contributed by atoms with Gasteiger partial charge in [0.1, 0.15) is 5.75 Å². The number of hydrogen-bond donors (Lipinski definition) is 1. The van der Waals surface area contributed by atoms with Gasteiger partial charge in [-0.2, -0.15) is 0 Å². The first kappa shape index (κ1) is 15.4. The van der Waals surface area contributed by atoms with Crippen molar-refractivity contribution in [3.05, 3.63) is 29.8 Å². The fourth-order valence-corrected chi connectivity index (χ4v) is 3.05. The second-order valence-corrected chi connectivity index (χ2v) is 5.99. The molecule has 0 aliphatic heterocycles. The minimum atomic E-state index is 0.425. The van der Waals surface area contributed by atoms with Crippen molar-refractivity contribution in [2.24, 2.45) is 5.92 Å². The van der Waals surface area contributed by atoms with Gasteiger partial charge in [-0.05, 0) is 56.8 Å². The van der Waals surface area contributed by atoms with Gasteiger partial charge in [0.25, 0.3) is 0 Å². The molecule has 2 rings (SSSR count). The Morgan fingerprint density at radius 1 is 1.10 bits per heavy atom. The van der Waals surface area contributed by atoms with Crippen molar-refractivity contribution in [1.82, 2.24) is 5.32 Å². The van der Waals surface area contributed by atoms with Crippen LogP contribution in [0.3, 0.4) is 0 Å². The molecule has 1 fully saturated rings. The van der Waals surface area contributed by atoms with Gasteiger partial charge in [-0.15, -0.1) is 0 Å². The molecule has 0 spiro atoms. The largest absolute Gasteiger partial charge is 0.494 e. The van der Waals surface area contributed by atoms with Crippen LogP contribution in [0, 0.1) is 5.92 Å². The molecule has 1 aliphatic rings. The smallest absolute Gasteiger partial charge is 0.119 e. The third-order valence-electron chi connectivity index (χ3n) is 4.38. The summed E-state index contributed by atoms with van der Waals surface area (Å²) in [6.07, 6.45) is 8.52. The van der Waals surface area contributed by atoms with E-state index in [1.54, 1.807) is 0 Å². The van der Waals surface area contributed by atoms with E-state index >= 15 is 0 Å². The maximum absolute atomic E-state index is 5.49. The summed E-state index contributed by atoms with van der Waals surface area (Å²) < 4.78 is 5.49. The summed E-state index contributed by atoms with van der Waals surface area (Å²) in [7, 11) is 0. The molecule has 20 heavy (non-hydrogen) atoms. The highest BCUT2D eigenvalue weighted by atomic mass is 16.5. The highest BCUT2D eigenvalue weighted by molar-refractivity contribution is 5.28. The van der Waals surface area contributed by atoms with Gasteiger partial charge in [0.05, 0.1) is 6.61 Å². The number of hydrogen-bond acceptors (Lipinski definition) is 2. The van der Waals surface area contributed by atoms with Crippen LogP contribution in [0.25, 0.3) is 0 Å². The van der Waals surface area contributed by atoms with Gasteiger partial charge >= 0.3 is 0 Å². The Labute approximate surface area is 123 Å². The highest BCUT2D eigenvalue weighted by Crippen LogP contribution is 2.23. The van der Waals surface area contributed by atoms with E-state index in [1.807, 2.05) is 6.92 Å². The molecule has 1 saturated carbocycles. The van der Waals surface area contributed by atoms with Gasteiger partial charge in [0, 0.05) is 6.04 Å². The molecule has 1 atom stereocenters. The van der Waals surface area contributed by atoms with E-state index in [0.717, 1.165) is 24.8 Å². The van der Waals surface area contributed by atoms with Crippen LogP contribution in [0.4, 0.5) is 0 Å². The predicted octanol–water partition coefficient (Wildman–Crippen LogP) is 4.71. The van der Waals surface area contributed by atoms with Crippen molar-refractivity contribution >= 4 is 0 Å². The van der Waals surface area contributed by atoms with Gasteiger partial charge < -0.3 is 10.1 Å². The second kappa shape index (κ2) is 8.31. The zero-order valence-electron chi connectivity index (χ0n) is 13.0. The Kier molecular flexibility index (Phi) is 6.38. The standard InChI is InChI=1S/C18H29NO/c1-3-20-18-12-10-17(11-13-18)15(2)19-14-16-8-6-4-5-7-9-16/h10-13,15-16,19H,3-9,14H2,1-2H3. The topological polar surface area (TPSA) is 21.3 Å². The number of rotatable bonds is 6. The third kappa shape index (κ3) is 4.82. The van der Waals surface area contributed by atoms with E-state index in [9.17, 15) is 0 Å². The zero-order chi connectivity index (χ0) is 14.2. The molecular formula is C18H29NO. The molecule has 1 unspecified atom stereocenters. The fourth-order valence-electron chi connectivity index (χ4n) is 3.05. The molecular weight excluding hydrogens is 246 g/mol. The van der Waals surface area contributed by atoms with E-state index in [0.29, 0.717) is 6.04 Å². The molecule has 0 saturated heterocycles. The summed E-state index contributed by atoms with van der Waals surface area (Å²) in [6.45, 7) is 6.17. The van der Waals surface area contributed by atoms with Gasteiger partial charge in [-0.25, -0.2) is 0 Å². The molecule has 2 nitrogen and oxygen atoms in total. The lowest BCUT2D eigenvalue weighted by atomic mass is 9.99. The molecule has 112 valence electrons. The fraction of sp³-hybridized carbons (Fsp3) is 0.667. The molecule has 0 aromatic heterocycles. The third-order valence-corrected chi connectivity index (χ3v) is 4.38. The van der Waals surface area contributed by atoms with Crippen molar-refractivity contribution in [3.63, 3.8) is 0 Å². The van der Waals surface area contributed by atoms with E-state index in [-0.39, 0.29) is 0 Å². The summed E-state index contributed by atoms with van der Waals surface area (Å²) in [5.74, 6) is 1.84. The van der Waals surface area contributed by atoms with Crippen molar-refractivity contribution in [2.45, 2.75) is 58.4 Å². The molecule has 2 heteroatoms. The Hall–Kier alpha value is -1.02. The monoisotopic (exact) mass is 275 g/mol. The van der Waals surface area contributed by atoms with Crippen molar-refractivity contribution in [1.29, 1.82) is 0 Å². The molecule has 0 heterocycles. The lowest BCUT2D eigenvalue weighted by Crippen LogP contribution is -2.25.